The number of carbonyl (C=O) groups excluding carboxylic acids is 1. The fourth-order valence-corrected chi connectivity index (χ4v) is 4.47. The number of thiophene rings is 1. The molecule has 0 saturated carbocycles. The predicted molar refractivity (Wildman–Crippen MR) is 120 cm³/mol. The lowest BCUT2D eigenvalue weighted by molar-refractivity contribution is 0.0456. The van der Waals surface area contributed by atoms with E-state index in [1.807, 2.05) is 54.1 Å². The molecular weight excluding hydrogens is 443 g/mol. The highest BCUT2D eigenvalue weighted by Gasteiger charge is 2.18. The van der Waals surface area contributed by atoms with Gasteiger partial charge >= 0.3 is 5.97 Å². The standard InChI is InChI=1S/C22H18Cl2N2O3S/c1-14-16-12-20(22(27)29-11-10-28-19-9-5-4-8-18(19)24)30-21(16)26(25-14)13-15-6-2-3-7-17(15)23/h2-9,12H,10-11,13H2,1H3. The monoisotopic (exact) mass is 460 g/mol. The van der Waals surface area contributed by atoms with E-state index in [-0.39, 0.29) is 19.2 Å². The molecule has 0 aliphatic carbocycles. The summed E-state index contributed by atoms with van der Waals surface area (Å²) in [6.07, 6.45) is 0. The number of carbonyl (C=O) groups is 1. The van der Waals surface area contributed by atoms with Gasteiger partial charge in [0.05, 0.1) is 17.3 Å². The second kappa shape index (κ2) is 9.08. The molecule has 0 fully saturated rings. The van der Waals surface area contributed by atoms with E-state index in [1.165, 1.54) is 11.3 Å². The lowest BCUT2D eigenvalue weighted by Crippen LogP contribution is -2.11. The molecule has 154 valence electrons. The molecule has 0 spiro atoms. The maximum atomic E-state index is 12.5. The Labute approximate surface area is 187 Å². The van der Waals surface area contributed by atoms with Gasteiger partial charge in [0.2, 0.25) is 0 Å². The van der Waals surface area contributed by atoms with E-state index in [0.29, 0.717) is 27.2 Å². The third kappa shape index (κ3) is 4.46. The molecule has 4 aromatic rings. The van der Waals surface area contributed by atoms with Crippen molar-refractivity contribution >= 4 is 50.7 Å². The molecule has 0 aliphatic heterocycles. The zero-order valence-electron chi connectivity index (χ0n) is 16.1. The Morgan fingerprint density at radius 1 is 1.07 bits per heavy atom. The van der Waals surface area contributed by atoms with Gasteiger partial charge in [-0.1, -0.05) is 53.5 Å². The van der Waals surface area contributed by atoms with Gasteiger partial charge in [-0.15, -0.1) is 11.3 Å². The van der Waals surface area contributed by atoms with Crippen LogP contribution in [0.4, 0.5) is 0 Å². The molecule has 4 rings (SSSR count). The van der Waals surface area contributed by atoms with Crippen molar-refractivity contribution in [2.75, 3.05) is 13.2 Å². The molecule has 0 bridgehead atoms. The smallest absolute Gasteiger partial charge is 0.348 e. The van der Waals surface area contributed by atoms with Gasteiger partial charge in [-0.05, 0) is 36.8 Å². The number of halogens is 2. The normalized spacial score (nSPS) is 11.0. The maximum Gasteiger partial charge on any atom is 0.348 e. The maximum absolute atomic E-state index is 12.5. The van der Waals surface area contributed by atoms with Crippen molar-refractivity contribution in [3.8, 4) is 5.75 Å². The molecule has 0 atom stereocenters. The molecule has 8 heteroatoms. The number of esters is 1. The van der Waals surface area contributed by atoms with Crippen LogP contribution in [0.5, 0.6) is 5.75 Å². The average Bonchev–Trinajstić information content (AvgIpc) is 3.29. The van der Waals surface area contributed by atoms with Crippen LogP contribution < -0.4 is 4.74 Å². The van der Waals surface area contributed by atoms with Gasteiger partial charge in [0, 0.05) is 10.4 Å². The van der Waals surface area contributed by atoms with Crippen LogP contribution >= 0.6 is 34.5 Å². The number of benzene rings is 2. The van der Waals surface area contributed by atoms with Gasteiger partial charge in [-0.25, -0.2) is 4.79 Å². The highest BCUT2D eigenvalue weighted by atomic mass is 35.5. The van der Waals surface area contributed by atoms with Crippen LogP contribution in [-0.2, 0) is 11.3 Å². The second-order valence-electron chi connectivity index (χ2n) is 6.58. The number of fused-ring (bicyclic) bond motifs is 1. The van der Waals surface area contributed by atoms with E-state index in [4.69, 9.17) is 32.7 Å². The van der Waals surface area contributed by atoms with Crippen LogP contribution in [0.15, 0.2) is 54.6 Å². The molecule has 0 saturated heterocycles. The average molecular weight is 461 g/mol. The first-order chi connectivity index (χ1) is 14.5. The van der Waals surface area contributed by atoms with Crippen molar-refractivity contribution in [2.45, 2.75) is 13.5 Å². The zero-order valence-corrected chi connectivity index (χ0v) is 18.4. The van der Waals surface area contributed by atoms with Gasteiger partial charge in [0.1, 0.15) is 28.7 Å². The number of hydrogen-bond acceptors (Lipinski definition) is 5. The lowest BCUT2D eigenvalue weighted by Gasteiger charge is -2.08. The number of hydrogen-bond donors (Lipinski definition) is 0. The van der Waals surface area contributed by atoms with E-state index in [9.17, 15) is 4.79 Å². The first-order valence-corrected chi connectivity index (χ1v) is 10.8. The molecule has 30 heavy (non-hydrogen) atoms. The SMILES string of the molecule is Cc1nn(Cc2ccccc2Cl)c2sc(C(=O)OCCOc3ccccc3Cl)cc12. The Hall–Kier alpha value is -2.54. The molecular formula is C22H18Cl2N2O3S. The van der Waals surface area contributed by atoms with Crippen molar-refractivity contribution in [3.05, 3.63) is 80.8 Å². The fraction of sp³-hybridized carbons (Fsp3) is 0.182. The summed E-state index contributed by atoms with van der Waals surface area (Å²) in [6, 6.07) is 16.6. The van der Waals surface area contributed by atoms with Gasteiger partial charge in [-0.2, -0.15) is 5.10 Å². The van der Waals surface area contributed by atoms with E-state index in [2.05, 4.69) is 5.10 Å². The van der Waals surface area contributed by atoms with Gasteiger partial charge in [0.25, 0.3) is 0 Å². The van der Waals surface area contributed by atoms with E-state index < -0.39 is 0 Å². The summed E-state index contributed by atoms with van der Waals surface area (Å²) >= 11 is 13.7. The first-order valence-electron chi connectivity index (χ1n) is 9.27. The Balaban J connectivity index is 1.42. The first kappa shape index (κ1) is 20.7. The summed E-state index contributed by atoms with van der Waals surface area (Å²) in [4.78, 5) is 13.9. The van der Waals surface area contributed by atoms with Gasteiger partial charge in [-0.3, -0.25) is 4.68 Å². The molecule has 0 amide bonds. The van der Waals surface area contributed by atoms with Crippen molar-refractivity contribution in [1.82, 2.24) is 9.78 Å². The minimum Gasteiger partial charge on any atom is -0.488 e. The third-order valence-corrected chi connectivity index (χ3v) is 6.31. The number of ether oxygens (including phenoxy) is 2. The van der Waals surface area contributed by atoms with Gasteiger partial charge in [0.15, 0.2) is 0 Å². The summed E-state index contributed by atoms with van der Waals surface area (Å²) in [5, 5.41) is 6.73. The lowest BCUT2D eigenvalue weighted by atomic mass is 10.2. The minimum absolute atomic E-state index is 0.128. The van der Waals surface area contributed by atoms with Crippen LogP contribution in [-0.4, -0.2) is 29.0 Å². The molecule has 2 aromatic heterocycles. The van der Waals surface area contributed by atoms with E-state index in [0.717, 1.165) is 21.5 Å². The highest BCUT2D eigenvalue weighted by molar-refractivity contribution is 7.20. The molecule has 5 nitrogen and oxygen atoms in total. The molecule has 0 aliphatic rings. The summed E-state index contributed by atoms with van der Waals surface area (Å²) in [5.41, 5.74) is 1.83. The third-order valence-electron chi connectivity index (χ3n) is 4.50. The van der Waals surface area contributed by atoms with Gasteiger partial charge < -0.3 is 9.47 Å². The fourth-order valence-electron chi connectivity index (χ4n) is 3.03. The van der Waals surface area contributed by atoms with E-state index in [1.54, 1.807) is 12.1 Å². The molecule has 0 N–H and O–H groups in total. The predicted octanol–water partition coefficient (Wildman–Crippen LogP) is 6.00. The van der Waals surface area contributed by atoms with Crippen LogP contribution in [0.1, 0.15) is 20.9 Å². The Morgan fingerprint density at radius 2 is 1.80 bits per heavy atom. The van der Waals surface area contributed by atoms with Crippen molar-refractivity contribution in [2.24, 2.45) is 0 Å². The van der Waals surface area contributed by atoms with Crippen LogP contribution in [0, 0.1) is 6.92 Å². The summed E-state index contributed by atoms with van der Waals surface area (Å²) in [7, 11) is 0. The number of rotatable bonds is 7. The summed E-state index contributed by atoms with van der Waals surface area (Å²) in [6.45, 7) is 2.80. The zero-order chi connectivity index (χ0) is 21.1. The Kier molecular flexibility index (Phi) is 6.27. The number of aromatic nitrogens is 2. The van der Waals surface area contributed by atoms with Crippen molar-refractivity contribution in [1.29, 1.82) is 0 Å². The molecule has 2 aromatic carbocycles. The number of nitrogens with zero attached hydrogens (tertiary/aromatic N) is 2. The number of para-hydroxylation sites is 1. The largest absolute Gasteiger partial charge is 0.488 e. The topological polar surface area (TPSA) is 53.4 Å². The van der Waals surface area contributed by atoms with Crippen LogP contribution in [0.3, 0.4) is 0 Å². The van der Waals surface area contributed by atoms with Crippen LogP contribution in [0.2, 0.25) is 10.0 Å². The quantitative estimate of drug-likeness (QED) is 0.250. The van der Waals surface area contributed by atoms with E-state index >= 15 is 0 Å². The van der Waals surface area contributed by atoms with Crippen molar-refractivity contribution in [3.63, 3.8) is 0 Å². The molecule has 0 unspecified atom stereocenters. The van der Waals surface area contributed by atoms with Crippen LogP contribution in [0.25, 0.3) is 10.2 Å². The molecule has 0 radical (unpaired) electrons. The number of aryl methyl sites for hydroxylation is 1. The molecule has 2 heterocycles. The Bertz CT molecular complexity index is 1200. The summed E-state index contributed by atoms with van der Waals surface area (Å²) < 4.78 is 12.8. The highest BCUT2D eigenvalue weighted by Crippen LogP contribution is 2.30. The Morgan fingerprint density at radius 3 is 2.57 bits per heavy atom. The second-order valence-corrected chi connectivity index (χ2v) is 8.42. The minimum atomic E-state index is -0.386. The summed E-state index contributed by atoms with van der Waals surface area (Å²) in [5.74, 6) is 0.176. The van der Waals surface area contributed by atoms with Crippen molar-refractivity contribution < 1.29 is 14.3 Å².